The zero-order valence-electron chi connectivity index (χ0n) is 14.7. The van der Waals surface area contributed by atoms with Crippen LogP contribution in [0.2, 0.25) is 0 Å². The van der Waals surface area contributed by atoms with Crippen molar-refractivity contribution in [1.29, 1.82) is 0 Å². The lowest BCUT2D eigenvalue weighted by Gasteiger charge is -2.15. The standard InChI is InChI=1S/C19H20N2O5S/c1-2-26-14-7-9-15(10-8-14)27(24,25)21-18(19(22)23)11-13-12-20-17-6-4-3-5-16(13)17/h3-10,12,18,20-21H,2,11H2,1H3,(H,22,23). The monoisotopic (exact) mass is 388 g/mol. The van der Waals surface area contributed by atoms with E-state index in [-0.39, 0.29) is 11.3 Å². The van der Waals surface area contributed by atoms with E-state index in [1.54, 1.807) is 6.20 Å². The summed E-state index contributed by atoms with van der Waals surface area (Å²) >= 11 is 0. The lowest BCUT2D eigenvalue weighted by atomic mass is 10.1. The SMILES string of the molecule is CCOc1ccc(S(=O)(=O)NC(Cc2c[nH]c3ccccc23)C(=O)O)cc1. The Morgan fingerprint density at radius 1 is 1.19 bits per heavy atom. The molecule has 0 aliphatic carbocycles. The van der Waals surface area contributed by atoms with Crippen molar-refractivity contribution in [3.05, 3.63) is 60.3 Å². The molecule has 8 heteroatoms. The van der Waals surface area contributed by atoms with Crippen LogP contribution in [0.5, 0.6) is 5.75 Å². The molecule has 0 saturated carbocycles. The van der Waals surface area contributed by atoms with Gasteiger partial charge in [-0.3, -0.25) is 4.79 Å². The maximum atomic E-state index is 12.6. The number of carboxylic acids is 1. The van der Waals surface area contributed by atoms with Crippen LogP contribution in [0.1, 0.15) is 12.5 Å². The Labute approximate surface area is 157 Å². The zero-order chi connectivity index (χ0) is 19.4. The number of rotatable bonds is 8. The molecule has 27 heavy (non-hydrogen) atoms. The molecule has 142 valence electrons. The lowest BCUT2D eigenvalue weighted by molar-refractivity contribution is -0.138. The minimum Gasteiger partial charge on any atom is -0.494 e. The van der Waals surface area contributed by atoms with Gasteiger partial charge in [-0.2, -0.15) is 4.72 Å². The van der Waals surface area contributed by atoms with Crippen LogP contribution in [0.4, 0.5) is 0 Å². The first-order chi connectivity index (χ1) is 12.9. The molecule has 3 rings (SSSR count). The van der Waals surface area contributed by atoms with Gasteiger partial charge in [0.2, 0.25) is 10.0 Å². The molecule has 0 radical (unpaired) electrons. The topological polar surface area (TPSA) is 108 Å². The fourth-order valence-electron chi connectivity index (χ4n) is 2.84. The molecule has 7 nitrogen and oxygen atoms in total. The molecule has 0 aliphatic heterocycles. The van der Waals surface area contributed by atoms with Gasteiger partial charge in [0.15, 0.2) is 0 Å². The van der Waals surface area contributed by atoms with E-state index >= 15 is 0 Å². The number of H-pyrrole nitrogens is 1. The maximum Gasteiger partial charge on any atom is 0.322 e. The third-order valence-electron chi connectivity index (χ3n) is 4.14. The van der Waals surface area contributed by atoms with Crippen LogP contribution < -0.4 is 9.46 Å². The van der Waals surface area contributed by atoms with E-state index < -0.39 is 22.0 Å². The predicted octanol–water partition coefficient (Wildman–Crippen LogP) is 2.54. The summed E-state index contributed by atoms with van der Waals surface area (Å²) in [5, 5.41) is 10.4. The summed E-state index contributed by atoms with van der Waals surface area (Å²) in [5.41, 5.74) is 1.60. The molecule has 1 atom stereocenters. The van der Waals surface area contributed by atoms with E-state index in [1.807, 2.05) is 31.2 Å². The van der Waals surface area contributed by atoms with Gasteiger partial charge in [0.05, 0.1) is 11.5 Å². The molecule has 0 amide bonds. The molecule has 0 aliphatic rings. The number of carbonyl (C=O) groups is 1. The number of sulfonamides is 1. The largest absolute Gasteiger partial charge is 0.494 e. The Kier molecular flexibility index (Phi) is 5.48. The van der Waals surface area contributed by atoms with Gasteiger partial charge in [-0.15, -0.1) is 0 Å². The van der Waals surface area contributed by atoms with Crippen LogP contribution >= 0.6 is 0 Å². The number of hydrogen-bond donors (Lipinski definition) is 3. The summed E-state index contributed by atoms with van der Waals surface area (Å²) in [7, 11) is -3.99. The van der Waals surface area contributed by atoms with Crippen molar-refractivity contribution in [2.24, 2.45) is 0 Å². The van der Waals surface area contributed by atoms with Crippen LogP contribution in [0.25, 0.3) is 10.9 Å². The van der Waals surface area contributed by atoms with Gasteiger partial charge in [0, 0.05) is 23.5 Å². The van der Waals surface area contributed by atoms with E-state index in [1.165, 1.54) is 24.3 Å². The van der Waals surface area contributed by atoms with E-state index in [9.17, 15) is 18.3 Å². The molecule has 3 N–H and O–H groups in total. The van der Waals surface area contributed by atoms with Crippen molar-refractivity contribution >= 4 is 26.9 Å². The zero-order valence-corrected chi connectivity index (χ0v) is 15.5. The number of benzene rings is 2. The van der Waals surface area contributed by atoms with E-state index in [0.717, 1.165) is 16.5 Å². The molecule has 0 bridgehead atoms. The normalized spacial score (nSPS) is 12.8. The van der Waals surface area contributed by atoms with Crippen molar-refractivity contribution in [1.82, 2.24) is 9.71 Å². The fraction of sp³-hybridized carbons (Fsp3) is 0.211. The fourth-order valence-corrected chi connectivity index (χ4v) is 4.03. The maximum absolute atomic E-state index is 12.6. The summed E-state index contributed by atoms with van der Waals surface area (Å²) in [6.45, 7) is 2.30. The van der Waals surface area contributed by atoms with E-state index in [4.69, 9.17) is 4.74 Å². The average Bonchev–Trinajstić information content (AvgIpc) is 3.05. The summed E-state index contributed by atoms with van der Waals surface area (Å²) in [6, 6.07) is 12.0. The lowest BCUT2D eigenvalue weighted by Crippen LogP contribution is -2.42. The van der Waals surface area contributed by atoms with Gasteiger partial charge in [-0.05, 0) is 42.8 Å². The van der Waals surface area contributed by atoms with Crippen LogP contribution in [0, 0.1) is 0 Å². The Morgan fingerprint density at radius 2 is 1.89 bits per heavy atom. The van der Waals surface area contributed by atoms with Gasteiger partial charge < -0.3 is 14.8 Å². The number of fused-ring (bicyclic) bond motifs is 1. The average molecular weight is 388 g/mol. The highest BCUT2D eigenvalue weighted by molar-refractivity contribution is 7.89. The molecule has 1 unspecified atom stereocenters. The first-order valence-electron chi connectivity index (χ1n) is 8.43. The first kappa shape index (κ1) is 18.9. The highest BCUT2D eigenvalue weighted by atomic mass is 32.2. The van der Waals surface area contributed by atoms with Crippen molar-refractivity contribution in [2.75, 3.05) is 6.61 Å². The first-order valence-corrected chi connectivity index (χ1v) is 9.92. The predicted molar refractivity (Wildman–Crippen MR) is 101 cm³/mol. The molecule has 2 aromatic carbocycles. The van der Waals surface area contributed by atoms with Gasteiger partial charge in [0.1, 0.15) is 11.8 Å². The second-order valence-electron chi connectivity index (χ2n) is 5.98. The highest BCUT2D eigenvalue weighted by Crippen LogP contribution is 2.21. The molecule has 1 heterocycles. The number of aliphatic carboxylic acids is 1. The summed E-state index contributed by atoms with van der Waals surface area (Å²) in [6.07, 6.45) is 1.72. The smallest absolute Gasteiger partial charge is 0.322 e. The number of ether oxygens (including phenoxy) is 1. The number of carboxylic acid groups (broad SMARTS) is 1. The molecular weight excluding hydrogens is 368 g/mol. The number of hydrogen-bond acceptors (Lipinski definition) is 4. The van der Waals surface area contributed by atoms with Crippen molar-refractivity contribution in [3.63, 3.8) is 0 Å². The second-order valence-corrected chi connectivity index (χ2v) is 7.69. The minimum absolute atomic E-state index is 0.0175. The highest BCUT2D eigenvalue weighted by Gasteiger charge is 2.26. The minimum atomic E-state index is -3.99. The Hall–Kier alpha value is -2.84. The Morgan fingerprint density at radius 3 is 2.56 bits per heavy atom. The van der Waals surface area contributed by atoms with Crippen LogP contribution in [0.15, 0.2) is 59.6 Å². The third-order valence-corrected chi connectivity index (χ3v) is 5.63. The number of para-hydroxylation sites is 1. The molecular formula is C19H20N2O5S. The van der Waals surface area contributed by atoms with Crippen molar-refractivity contribution in [2.45, 2.75) is 24.3 Å². The summed E-state index contributed by atoms with van der Waals surface area (Å²) in [4.78, 5) is 14.7. The van der Waals surface area contributed by atoms with Gasteiger partial charge in [-0.25, -0.2) is 8.42 Å². The van der Waals surface area contributed by atoms with Gasteiger partial charge in [0.25, 0.3) is 0 Å². The number of nitrogens with one attached hydrogen (secondary N) is 2. The van der Waals surface area contributed by atoms with Crippen molar-refractivity contribution < 1.29 is 23.1 Å². The second kappa shape index (κ2) is 7.81. The number of aromatic amines is 1. The molecule has 1 aromatic heterocycles. The van der Waals surface area contributed by atoms with Gasteiger partial charge >= 0.3 is 5.97 Å². The van der Waals surface area contributed by atoms with E-state index in [0.29, 0.717) is 12.4 Å². The Bertz CT molecular complexity index is 1040. The van der Waals surface area contributed by atoms with Crippen LogP contribution in [-0.2, 0) is 21.2 Å². The quantitative estimate of drug-likeness (QED) is 0.549. The summed E-state index contributed by atoms with van der Waals surface area (Å²) in [5.74, 6) is -0.695. The van der Waals surface area contributed by atoms with E-state index in [2.05, 4.69) is 9.71 Å². The van der Waals surface area contributed by atoms with Crippen LogP contribution in [0.3, 0.4) is 0 Å². The third kappa shape index (κ3) is 4.29. The molecule has 0 fully saturated rings. The van der Waals surface area contributed by atoms with Gasteiger partial charge in [-0.1, -0.05) is 18.2 Å². The van der Waals surface area contributed by atoms with Crippen LogP contribution in [-0.4, -0.2) is 37.1 Å². The summed E-state index contributed by atoms with van der Waals surface area (Å²) < 4.78 is 32.7. The molecule has 3 aromatic rings. The molecule has 0 saturated heterocycles. The molecule has 0 spiro atoms. The Balaban J connectivity index is 1.82. The number of aromatic nitrogens is 1. The van der Waals surface area contributed by atoms with Crippen molar-refractivity contribution in [3.8, 4) is 5.75 Å².